The van der Waals surface area contributed by atoms with Gasteiger partial charge in [-0.15, -0.1) is 11.8 Å². The quantitative estimate of drug-likeness (QED) is 0.849. The van der Waals surface area contributed by atoms with Crippen LogP contribution in [0, 0.1) is 0 Å². The molecule has 0 radical (unpaired) electrons. The Morgan fingerprint density at radius 1 is 1.20 bits per heavy atom. The zero-order valence-corrected chi connectivity index (χ0v) is 13.1. The van der Waals surface area contributed by atoms with E-state index in [1.54, 1.807) is 11.8 Å². The van der Waals surface area contributed by atoms with Crippen LogP contribution in [0.15, 0.2) is 24.3 Å². The van der Waals surface area contributed by atoms with Gasteiger partial charge in [0.05, 0.1) is 5.75 Å². The van der Waals surface area contributed by atoms with Crippen molar-refractivity contribution in [2.75, 3.05) is 18.8 Å². The van der Waals surface area contributed by atoms with E-state index in [0.29, 0.717) is 10.7 Å². The summed E-state index contributed by atoms with van der Waals surface area (Å²) in [6.07, 6.45) is 3.56. The second-order valence-electron chi connectivity index (χ2n) is 5.00. The Bertz CT molecular complexity index is 467. The number of carbonyl (C=O) groups is 1. The predicted molar refractivity (Wildman–Crippen MR) is 88.9 cm³/mol. The van der Waals surface area contributed by atoms with Gasteiger partial charge in [0, 0.05) is 24.4 Å². The van der Waals surface area contributed by atoms with Crippen molar-refractivity contribution in [2.24, 2.45) is 5.73 Å². The molecule has 5 heteroatoms. The summed E-state index contributed by atoms with van der Waals surface area (Å²) in [5, 5.41) is 0. The second-order valence-corrected chi connectivity index (χ2v) is 6.42. The maximum absolute atomic E-state index is 12.0. The molecule has 20 heavy (non-hydrogen) atoms. The van der Waals surface area contributed by atoms with Gasteiger partial charge in [0.2, 0.25) is 5.91 Å². The fourth-order valence-electron chi connectivity index (χ4n) is 2.26. The summed E-state index contributed by atoms with van der Waals surface area (Å²) in [5.74, 6) is 1.68. The Labute approximate surface area is 129 Å². The maximum atomic E-state index is 12.0. The van der Waals surface area contributed by atoms with Crippen molar-refractivity contribution in [2.45, 2.75) is 25.0 Å². The van der Waals surface area contributed by atoms with Gasteiger partial charge in [-0.1, -0.05) is 36.5 Å². The van der Waals surface area contributed by atoms with Crippen LogP contribution in [-0.2, 0) is 10.5 Å². The topological polar surface area (TPSA) is 46.3 Å². The number of thiocarbonyl (C=S) groups is 1. The van der Waals surface area contributed by atoms with E-state index in [9.17, 15) is 4.79 Å². The number of hydrogen-bond donors (Lipinski definition) is 1. The first kappa shape index (κ1) is 15.3. The van der Waals surface area contributed by atoms with Crippen LogP contribution in [0.2, 0.25) is 0 Å². The smallest absolute Gasteiger partial charge is 0.232 e. The van der Waals surface area contributed by atoms with Gasteiger partial charge in [0.1, 0.15) is 4.99 Å². The van der Waals surface area contributed by atoms with Crippen molar-refractivity contribution in [1.82, 2.24) is 4.90 Å². The molecule has 2 N–H and O–H groups in total. The third kappa shape index (κ3) is 4.49. The van der Waals surface area contributed by atoms with Gasteiger partial charge in [-0.2, -0.15) is 0 Å². The zero-order valence-electron chi connectivity index (χ0n) is 11.5. The Balaban J connectivity index is 1.74. The molecule has 1 aromatic rings. The number of benzene rings is 1. The molecule has 1 saturated heterocycles. The van der Waals surface area contributed by atoms with Crippen molar-refractivity contribution < 1.29 is 4.79 Å². The first-order valence-electron chi connectivity index (χ1n) is 6.91. The van der Waals surface area contributed by atoms with Crippen LogP contribution in [0.3, 0.4) is 0 Å². The highest BCUT2D eigenvalue weighted by atomic mass is 32.2. The highest BCUT2D eigenvalue weighted by Crippen LogP contribution is 2.16. The minimum atomic E-state index is 0.273. The SMILES string of the molecule is NC(=S)c1ccc(CSCC(=O)N2CCCCC2)cc1. The van der Waals surface area contributed by atoms with Gasteiger partial charge in [-0.25, -0.2) is 0 Å². The van der Waals surface area contributed by atoms with Crippen molar-refractivity contribution in [3.8, 4) is 0 Å². The summed E-state index contributed by atoms with van der Waals surface area (Å²) in [5.41, 5.74) is 7.65. The lowest BCUT2D eigenvalue weighted by Gasteiger charge is -2.26. The van der Waals surface area contributed by atoms with E-state index in [-0.39, 0.29) is 5.91 Å². The Morgan fingerprint density at radius 2 is 1.85 bits per heavy atom. The van der Waals surface area contributed by atoms with Crippen LogP contribution >= 0.6 is 24.0 Å². The van der Waals surface area contributed by atoms with Gasteiger partial charge >= 0.3 is 0 Å². The Kier molecular flexibility index (Phi) is 5.86. The molecule has 0 bridgehead atoms. The van der Waals surface area contributed by atoms with E-state index in [1.165, 1.54) is 12.0 Å². The van der Waals surface area contributed by atoms with E-state index in [1.807, 2.05) is 29.2 Å². The number of thioether (sulfide) groups is 1. The number of rotatable bonds is 5. The van der Waals surface area contributed by atoms with Gasteiger partial charge in [0.25, 0.3) is 0 Å². The molecule has 0 saturated carbocycles. The molecule has 108 valence electrons. The van der Waals surface area contributed by atoms with Crippen molar-refractivity contribution in [3.63, 3.8) is 0 Å². The second kappa shape index (κ2) is 7.64. The van der Waals surface area contributed by atoms with Gasteiger partial charge < -0.3 is 10.6 Å². The van der Waals surface area contributed by atoms with Crippen LogP contribution in [-0.4, -0.2) is 34.6 Å². The van der Waals surface area contributed by atoms with Crippen LogP contribution in [0.25, 0.3) is 0 Å². The monoisotopic (exact) mass is 308 g/mol. The number of piperidine rings is 1. The summed E-state index contributed by atoms with van der Waals surface area (Å²) in [6.45, 7) is 1.87. The zero-order chi connectivity index (χ0) is 14.4. The fourth-order valence-corrected chi connectivity index (χ4v) is 3.28. The first-order chi connectivity index (χ1) is 9.66. The molecule has 1 heterocycles. The van der Waals surface area contributed by atoms with Crippen molar-refractivity contribution >= 4 is 34.9 Å². The molecule has 1 aliphatic rings. The third-order valence-corrected chi connectivity index (χ3v) is 4.67. The largest absolute Gasteiger partial charge is 0.389 e. The van der Waals surface area contributed by atoms with E-state index in [2.05, 4.69) is 0 Å². The fraction of sp³-hybridized carbons (Fsp3) is 0.467. The third-order valence-electron chi connectivity index (χ3n) is 3.44. The standard InChI is InChI=1S/C15H20N2OS2/c16-15(19)13-6-4-12(5-7-13)10-20-11-14(18)17-8-2-1-3-9-17/h4-7H,1-3,8-11H2,(H2,16,19). The molecule has 3 nitrogen and oxygen atoms in total. The van der Waals surface area contributed by atoms with Crippen LogP contribution < -0.4 is 5.73 Å². The number of amides is 1. The normalized spacial score (nSPS) is 15.1. The van der Waals surface area contributed by atoms with E-state index in [0.717, 1.165) is 37.2 Å². The van der Waals surface area contributed by atoms with Crippen LogP contribution in [0.4, 0.5) is 0 Å². The van der Waals surface area contributed by atoms with Crippen LogP contribution in [0.5, 0.6) is 0 Å². The molecule has 1 aliphatic heterocycles. The molecule has 2 rings (SSSR count). The molecule has 1 aromatic carbocycles. The van der Waals surface area contributed by atoms with Crippen molar-refractivity contribution in [3.05, 3.63) is 35.4 Å². The Hall–Kier alpha value is -1.07. The van der Waals surface area contributed by atoms with Crippen molar-refractivity contribution in [1.29, 1.82) is 0 Å². The van der Waals surface area contributed by atoms with E-state index < -0.39 is 0 Å². The summed E-state index contributed by atoms with van der Waals surface area (Å²) >= 11 is 6.59. The average molecular weight is 308 g/mol. The molecular formula is C15H20N2OS2. The summed E-state index contributed by atoms with van der Waals surface area (Å²) in [6, 6.07) is 7.91. The minimum Gasteiger partial charge on any atom is -0.389 e. The average Bonchev–Trinajstić information content (AvgIpc) is 2.48. The van der Waals surface area contributed by atoms with Gasteiger partial charge in [-0.05, 0) is 24.8 Å². The first-order valence-corrected chi connectivity index (χ1v) is 8.47. The summed E-state index contributed by atoms with van der Waals surface area (Å²) < 4.78 is 0. The molecule has 0 aliphatic carbocycles. The lowest BCUT2D eigenvalue weighted by Crippen LogP contribution is -2.36. The number of carbonyl (C=O) groups excluding carboxylic acids is 1. The predicted octanol–water partition coefficient (Wildman–Crippen LogP) is 2.57. The lowest BCUT2D eigenvalue weighted by atomic mass is 10.1. The Morgan fingerprint density at radius 3 is 2.45 bits per heavy atom. The highest BCUT2D eigenvalue weighted by molar-refractivity contribution is 7.99. The highest BCUT2D eigenvalue weighted by Gasteiger charge is 2.15. The van der Waals surface area contributed by atoms with Gasteiger partial charge in [0.15, 0.2) is 0 Å². The molecular weight excluding hydrogens is 288 g/mol. The number of nitrogens with two attached hydrogens (primary N) is 1. The molecule has 0 spiro atoms. The summed E-state index contributed by atoms with van der Waals surface area (Å²) in [4.78, 5) is 14.4. The maximum Gasteiger partial charge on any atom is 0.232 e. The van der Waals surface area contributed by atoms with E-state index in [4.69, 9.17) is 18.0 Å². The lowest BCUT2D eigenvalue weighted by molar-refractivity contribution is -0.129. The number of hydrogen-bond acceptors (Lipinski definition) is 3. The number of nitrogens with zero attached hydrogens (tertiary/aromatic N) is 1. The molecule has 0 aromatic heterocycles. The van der Waals surface area contributed by atoms with E-state index >= 15 is 0 Å². The van der Waals surface area contributed by atoms with Gasteiger partial charge in [-0.3, -0.25) is 4.79 Å². The molecule has 1 fully saturated rings. The summed E-state index contributed by atoms with van der Waals surface area (Å²) in [7, 11) is 0. The molecule has 1 amide bonds. The van der Waals surface area contributed by atoms with Crippen LogP contribution in [0.1, 0.15) is 30.4 Å². The molecule has 0 atom stereocenters. The minimum absolute atomic E-state index is 0.273. The molecule has 0 unspecified atom stereocenters. The number of likely N-dealkylation sites (tertiary alicyclic amines) is 1.